The standard InChI is InChI=1S/C24H27FO6S/c1-13-2-3-15(21(28)23(30)24(31)22(29)19(27)12-26)10-16(13)11-18-8-9-20(32-18)14-4-6-17(25)7-5-14/h2-10,19,21-24,26-31H,11-12H2,1H3/t19-,21-,22+,23-,24-/m0/s1. The minimum atomic E-state index is -1.85. The average molecular weight is 463 g/mol. The van der Waals surface area contributed by atoms with Gasteiger partial charge in [-0.1, -0.05) is 30.3 Å². The number of aliphatic hydroxyl groups excluding tert-OH is 6. The van der Waals surface area contributed by atoms with Crippen LogP contribution in [0.2, 0.25) is 0 Å². The fourth-order valence-corrected chi connectivity index (χ4v) is 4.45. The van der Waals surface area contributed by atoms with E-state index in [9.17, 15) is 29.9 Å². The molecule has 0 amide bonds. The molecule has 0 saturated carbocycles. The van der Waals surface area contributed by atoms with Crippen molar-refractivity contribution < 1.29 is 35.0 Å². The molecule has 3 rings (SSSR count). The van der Waals surface area contributed by atoms with Gasteiger partial charge in [0.15, 0.2) is 0 Å². The topological polar surface area (TPSA) is 121 Å². The van der Waals surface area contributed by atoms with Crippen LogP contribution in [0, 0.1) is 12.7 Å². The Hall–Kier alpha value is -2.17. The molecule has 1 aromatic heterocycles. The molecule has 3 aromatic rings. The van der Waals surface area contributed by atoms with Crippen LogP contribution in [0.5, 0.6) is 0 Å². The Morgan fingerprint density at radius 3 is 2.19 bits per heavy atom. The smallest absolute Gasteiger partial charge is 0.123 e. The van der Waals surface area contributed by atoms with E-state index in [0.717, 1.165) is 26.4 Å². The van der Waals surface area contributed by atoms with Crippen molar-refractivity contribution in [2.75, 3.05) is 6.61 Å². The Morgan fingerprint density at radius 1 is 0.844 bits per heavy atom. The van der Waals surface area contributed by atoms with Crippen molar-refractivity contribution in [2.45, 2.75) is 43.9 Å². The molecule has 172 valence electrons. The highest BCUT2D eigenvalue weighted by Gasteiger charge is 2.34. The average Bonchev–Trinajstić information content (AvgIpc) is 3.26. The molecule has 6 N–H and O–H groups in total. The van der Waals surface area contributed by atoms with Gasteiger partial charge < -0.3 is 30.6 Å². The minimum Gasteiger partial charge on any atom is -0.394 e. The normalized spacial score (nSPS) is 16.4. The van der Waals surface area contributed by atoms with Gasteiger partial charge in [0.1, 0.15) is 36.3 Å². The number of thiophene rings is 1. The van der Waals surface area contributed by atoms with E-state index in [4.69, 9.17) is 5.11 Å². The summed E-state index contributed by atoms with van der Waals surface area (Å²) in [4.78, 5) is 2.06. The van der Waals surface area contributed by atoms with Gasteiger partial charge in [-0.3, -0.25) is 0 Å². The summed E-state index contributed by atoms with van der Waals surface area (Å²) in [6.07, 6.45) is -8.02. The number of halogens is 1. The van der Waals surface area contributed by atoms with Crippen molar-refractivity contribution in [3.05, 3.63) is 82.0 Å². The zero-order valence-electron chi connectivity index (χ0n) is 17.5. The van der Waals surface area contributed by atoms with Gasteiger partial charge >= 0.3 is 0 Å². The summed E-state index contributed by atoms with van der Waals surface area (Å²) in [5, 5.41) is 59.0. The maximum Gasteiger partial charge on any atom is 0.123 e. The van der Waals surface area contributed by atoms with Crippen molar-refractivity contribution in [3.63, 3.8) is 0 Å². The molecule has 5 atom stereocenters. The summed E-state index contributed by atoms with van der Waals surface area (Å²) in [5.41, 5.74) is 3.15. The summed E-state index contributed by atoms with van der Waals surface area (Å²) < 4.78 is 13.2. The number of rotatable bonds is 9. The summed E-state index contributed by atoms with van der Waals surface area (Å²) in [5.74, 6) is -0.290. The largest absolute Gasteiger partial charge is 0.394 e. The van der Waals surface area contributed by atoms with E-state index in [1.165, 1.54) is 12.1 Å². The van der Waals surface area contributed by atoms with Gasteiger partial charge in [-0.25, -0.2) is 4.39 Å². The quantitative estimate of drug-likeness (QED) is 0.289. The molecule has 0 fully saturated rings. The monoisotopic (exact) mass is 462 g/mol. The van der Waals surface area contributed by atoms with Gasteiger partial charge in [-0.15, -0.1) is 11.3 Å². The van der Waals surface area contributed by atoms with Crippen LogP contribution in [0.1, 0.15) is 27.7 Å². The molecule has 8 heteroatoms. The molecule has 0 saturated heterocycles. The first-order valence-corrected chi connectivity index (χ1v) is 11.0. The Morgan fingerprint density at radius 2 is 1.53 bits per heavy atom. The van der Waals surface area contributed by atoms with Crippen LogP contribution in [0.15, 0.2) is 54.6 Å². The molecule has 0 spiro atoms. The third-order valence-corrected chi connectivity index (χ3v) is 6.61. The molecule has 2 aromatic carbocycles. The van der Waals surface area contributed by atoms with Crippen LogP contribution in [0.3, 0.4) is 0 Å². The van der Waals surface area contributed by atoms with Crippen molar-refractivity contribution in [1.29, 1.82) is 0 Å². The van der Waals surface area contributed by atoms with E-state index in [-0.39, 0.29) is 5.82 Å². The minimum absolute atomic E-state index is 0.290. The highest BCUT2D eigenvalue weighted by atomic mass is 32.1. The summed E-state index contributed by atoms with van der Waals surface area (Å²) >= 11 is 1.57. The zero-order chi connectivity index (χ0) is 23.4. The lowest BCUT2D eigenvalue weighted by atomic mass is 9.92. The van der Waals surface area contributed by atoms with Crippen molar-refractivity contribution >= 4 is 11.3 Å². The van der Waals surface area contributed by atoms with E-state index in [1.807, 2.05) is 19.1 Å². The lowest BCUT2D eigenvalue weighted by Crippen LogP contribution is -2.47. The molecule has 32 heavy (non-hydrogen) atoms. The first-order chi connectivity index (χ1) is 15.2. The Balaban J connectivity index is 1.76. The van der Waals surface area contributed by atoms with Gasteiger partial charge in [0, 0.05) is 16.2 Å². The molecular weight excluding hydrogens is 435 g/mol. The van der Waals surface area contributed by atoms with E-state index < -0.39 is 37.1 Å². The predicted molar refractivity (Wildman–Crippen MR) is 120 cm³/mol. The van der Waals surface area contributed by atoms with Crippen LogP contribution in [0.25, 0.3) is 10.4 Å². The van der Waals surface area contributed by atoms with Crippen molar-refractivity contribution in [2.24, 2.45) is 0 Å². The Kier molecular flexibility index (Phi) is 8.13. The van der Waals surface area contributed by atoms with Gasteiger partial charge in [0.05, 0.1) is 6.61 Å². The van der Waals surface area contributed by atoms with Crippen LogP contribution in [0.4, 0.5) is 4.39 Å². The maximum absolute atomic E-state index is 13.2. The van der Waals surface area contributed by atoms with Gasteiger partial charge in [-0.2, -0.15) is 0 Å². The van der Waals surface area contributed by atoms with Gasteiger partial charge in [0.25, 0.3) is 0 Å². The number of hydrogen-bond acceptors (Lipinski definition) is 7. The molecule has 0 bridgehead atoms. The van der Waals surface area contributed by atoms with Crippen LogP contribution in [-0.4, -0.2) is 61.7 Å². The van der Waals surface area contributed by atoms with Crippen molar-refractivity contribution in [3.8, 4) is 10.4 Å². The van der Waals surface area contributed by atoms with E-state index in [1.54, 1.807) is 41.7 Å². The molecule has 0 aliphatic rings. The van der Waals surface area contributed by atoms with E-state index >= 15 is 0 Å². The highest BCUT2D eigenvalue weighted by molar-refractivity contribution is 7.15. The Labute approximate surface area is 189 Å². The highest BCUT2D eigenvalue weighted by Crippen LogP contribution is 2.31. The van der Waals surface area contributed by atoms with Crippen molar-refractivity contribution in [1.82, 2.24) is 0 Å². The molecule has 1 heterocycles. The fraction of sp³-hybridized carbons (Fsp3) is 0.333. The number of hydrogen-bond donors (Lipinski definition) is 6. The second kappa shape index (κ2) is 10.6. The third-order valence-electron chi connectivity index (χ3n) is 5.47. The summed E-state index contributed by atoms with van der Waals surface area (Å²) in [7, 11) is 0. The lowest BCUT2D eigenvalue weighted by Gasteiger charge is -2.29. The predicted octanol–water partition coefficient (Wildman–Crippen LogP) is 1.92. The van der Waals surface area contributed by atoms with Gasteiger partial charge in [-0.05, 0) is 53.4 Å². The molecular formula is C24H27FO6S. The number of aliphatic hydroxyl groups is 6. The first kappa shape index (κ1) is 24.5. The molecule has 0 radical (unpaired) electrons. The second-order valence-corrected chi connectivity index (χ2v) is 8.97. The number of aryl methyl sites for hydroxylation is 1. The van der Waals surface area contributed by atoms with Gasteiger partial charge in [0.2, 0.25) is 0 Å². The van der Waals surface area contributed by atoms with Crippen LogP contribution >= 0.6 is 11.3 Å². The molecule has 0 aliphatic carbocycles. The summed E-state index contributed by atoms with van der Waals surface area (Å²) in [6.45, 7) is 1.13. The summed E-state index contributed by atoms with van der Waals surface area (Å²) in [6, 6.07) is 15.4. The van der Waals surface area contributed by atoms with Crippen LogP contribution in [-0.2, 0) is 6.42 Å². The maximum atomic E-state index is 13.2. The first-order valence-electron chi connectivity index (χ1n) is 10.2. The third kappa shape index (κ3) is 5.60. The lowest BCUT2D eigenvalue weighted by molar-refractivity contribution is -0.141. The Bertz CT molecular complexity index is 1020. The van der Waals surface area contributed by atoms with E-state index in [2.05, 4.69) is 0 Å². The molecule has 6 nitrogen and oxygen atoms in total. The second-order valence-electron chi connectivity index (χ2n) is 7.80. The fourth-order valence-electron chi connectivity index (χ4n) is 3.42. The number of benzene rings is 2. The van der Waals surface area contributed by atoms with Crippen LogP contribution < -0.4 is 0 Å². The van der Waals surface area contributed by atoms with E-state index in [0.29, 0.717) is 12.0 Å². The molecule has 0 aliphatic heterocycles. The zero-order valence-corrected chi connectivity index (χ0v) is 18.3. The SMILES string of the molecule is Cc1ccc([C@H](O)[C@H](O)[C@@H](O)[C@H](O)[C@@H](O)CO)cc1Cc1ccc(-c2ccc(F)cc2)s1. The molecule has 0 unspecified atom stereocenters.